The molecule has 7 rings (SSSR count). The van der Waals surface area contributed by atoms with Gasteiger partial charge in [-0.15, -0.1) is 0 Å². The van der Waals surface area contributed by atoms with E-state index in [4.69, 9.17) is 9.47 Å². The molecule has 0 saturated carbocycles. The van der Waals surface area contributed by atoms with E-state index in [1.165, 1.54) is 10.9 Å². The molecular weight excluding hydrogens is 606 g/mol. The molecule has 2 aliphatic carbocycles. The first-order chi connectivity index (χ1) is 23.5. The number of benzene rings is 4. The van der Waals surface area contributed by atoms with Gasteiger partial charge in [-0.3, -0.25) is 9.59 Å². The van der Waals surface area contributed by atoms with Gasteiger partial charge in [-0.25, -0.2) is 0 Å². The zero-order valence-electron chi connectivity index (χ0n) is 29.5. The highest BCUT2D eigenvalue weighted by Gasteiger charge is 2.49. The topological polar surface area (TPSA) is 55.8 Å². The van der Waals surface area contributed by atoms with Gasteiger partial charge in [0.1, 0.15) is 6.61 Å². The molecule has 4 aromatic rings. The fraction of sp³-hybridized carbons (Fsp3) is 0.364. The van der Waals surface area contributed by atoms with Gasteiger partial charge < -0.3 is 14.4 Å². The fourth-order valence-electron chi connectivity index (χ4n) is 8.20. The minimum Gasteiger partial charge on any atom is -0.490 e. The van der Waals surface area contributed by atoms with Gasteiger partial charge in [-0.05, 0) is 76.6 Å². The normalized spacial score (nSPS) is 18.8. The van der Waals surface area contributed by atoms with Crippen LogP contribution in [0.3, 0.4) is 0 Å². The van der Waals surface area contributed by atoms with E-state index in [-0.39, 0.29) is 22.4 Å². The molecular formula is C44H47NO4. The zero-order chi connectivity index (χ0) is 34.3. The van der Waals surface area contributed by atoms with Gasteiger partial charge in [-0.1, -0.05) is 107 Å². The highest BCUT2D eigenvalue weighted by Crippen LogP contribution is 2.55. The van der Waals surface area contributed by atoms with Crippen LogP contribution in [0.5, 0.6) is 11.5 Å². The van der Waals surface area contributed by atoms with E-state index in [2.05, 4.69) is 87.2 Å². The number of ketones is 2. The molecule has 252 valence electrons. The van der Waals surface area contributed by atoms with E-state index in [1.54, 1.807) is 0 Å². The molecule has 1 aliphatic heterocycles. The van der Waals surface area contributed by atoms with Crippen LogP contribution < -0.4 is 9.47 Å². The van der Waals surface area contributed by atoms with E-state index < -0.39 is 5.92 Å². The Morgan fingerprint density at radius 2 is 1.33 bits per heavy atom. The lowest BCUT2D eigenvalue weighted by atomic mass is 9.63. The standard InChI is InChI=1S/C44H47NO4/c1-6-48-39-23-31(19-20-38(39)49-28-32-17-12-16-30-15-10-11-18-33(30)32)40-41-34(24-43(2,3)26-36(41)46)45(22-21-29-13-8-7-9-14-29)35-25-44(4,5)27-37(47)42(35)40/h7-20,23,40H,6,21-22,24-28H2,1-5H3. The molecule has 0 unspecified atom stereocenters. The summed E-state index contributed by atoms with van der Waals surface area (Å²) in [7, 11) is 0. The Morgan fingerprint density at radius 1 is 0.694 bits per heavy atom. The Bertz CT molecular complexity index is 1920. The van der Waals surface area contributed by atoms with Gasteiger partial charge in [0.05, 0.1) is 6.61 Å². The van der Waals surface area contributed by atoms with E-state index in [1.807, 2.05) is 43.3 Å². The number of Topliss-reactive ketones (excluding diaryl/α,β-unsaturated/α-hetero) is 2. The van der Waals surface area contributed by atoms with Crippen molar-refractivity contribution >= 4 is 22.3 Å². The number of fused-ring (bicyclic) bond motifs is 1. The molecule has 0 radical (unpaired) electrons. The van der Waals surface area contributed by atoms with Gasteiger partial charge in [0.2, 0.25) is 0 Å². The first-order valence-corrected chi connectivity index (χ1v) is 17.7. The summed E-state index contributed by atoms with van der Waals surface area (Å²) in [6.07, 6.45) is 3.33. The monoisotopic (exact) mass is 653 g/mol. The maximum atomic E-state index is 14.3. The van der Waals surface area contributed by atoms with Crippen LogP contribution in [0.15, 0.2) is 114 Å². The third-order valence-electron chi connectivity index (χ3n) is 10.4. The molecule has 0 atom stereocenters. The number of rotatable bonds is 9. The maximum absolute atomic E-state index is 14.3. The van der Waals surface area contributed by atoms with E-state index >= 15 is 0 Å². The minimum atomic E-state index is -0.434. The van der Waals surface area contributed by atoms with Crippen LogP contribution in [0.2, 0.25) is 0 Å². The van der Waals surface area contributed by atoms with Crippen molar-refractivity contribution in [3.8, 4) is 11.5 Å². The predicted octanol–water partition coefficient (Wildman–Crippen LogP) is 9.75. The average molecular weight is 654 g/mol. The van der Waals surface area contributed by atoms with E-state index in [0.717, 1.165) is 64.9 Å². The summed E-state index contributed by atoms with van der Waals surface area (Å²) in [6.45, 7) is 12.3. The van der Waals surface area contributed by atoms with Crippen molar-refractivity contribution in [2.24, 2.45) is 10.8 Å². The molecule has 0 saturated heterocycles. The van der Waals surface area contributed by atoms with E-state index in [9.17, 15) is 9.59 Å². The van der Waals surface area contributed by atoms with Gasteiger partial charge in [0, 0.05) is 47.8 Å². The summed E-state index contributed by atoms with van der Waals surface area (Å²) >= 11 is 0. The largest absolute Gasteiger partial charge is 0.490 e. The summed E-state index contributed by atoms with van der Waals surface area (Å²) in [5.74, 6) is 1.12. The van der Waals surface area contributed by atoms with E-state index in [0.29, 0.717) is 37.6 Å². The summed E-state index contributed by atoms with van der Waals surface area (Å²) in [5, 5.41) is 2.34. The van der Waals surface area contributed by atoms with Crippen molar-refractivity contribution < 1.29 is 19.1 Å². The van der Waals surface area contributed by atoms with Crippen LogP contribution in [-0.4, -0.2) is 29.6 Å². The quantitative estimate of drug-likeness (QED) is 0.180. The summed E-state index contributed by atoms with van der Waals surface area (Å²) in [4.78, 5) is 31.0. The summed E-state index contributed by atoms with van der Waals surface area (Å²) in [5.41, 5.74) is 6.64. The summed E-state index contributed by atoms with van der Waals surface area (Å²) in [6, 6.07) is 31.1. The Balaban J connectivity index is 1.31. The first kappa shape index (κ1) is 32.9. The molecule has 49 heavy (non-hydrogen) atoms. The van der Waals surface area contributed by atoms with Gasteiger partial charge in [0.15, 0.2) is 23.1 Å². The second-order valence-corrected chi connectivity index (χ2v) is 15.5. The maximum Gasteiger partial charge on any atom is 0.162 e. The SMILES string of the molecule is CCOc1cc(C2C3=C(CC(C)(C)CC3=O)N(CCc3ccccc3)C3=C2C(=O)CC(C)(C)C3)ccc1OCc1cccc2ccccc12. The molecule has 1 heterocycles. The highest BCUT2D eigenvalue weighted by atomic mass is 16.5. The molecule has 5 heteroatoms. The van der Waals surface area contributed by atoms with Crippen molar-refractivity contribution in [3.05, 3.63) is 130 Å². The van der Waals surface area contributed by atoms with Crippen LogP contribution in [0.4, 0.5) is 0 Å². The number of nitrogens with zero attached hydrogens (tertiary/aromatic N) is 1. The molecule has 0 aromatic heterocycles. The lowest BCUT2D eigenvalue weighted by Gasteiger charge is -2.49. The number of hydrogen-bond donors (Lipinski definition) is 0. The van der Waals surface area contributed by atoms with Crippen LogP contribution in [-0.2, 0) is 22.6 Å². The first-order valence-electron chi connectivity index (χ1n) is 17.7. The molecule has 0 fully saturated rings. The van der Waals surface area contributed by atoms with Crippen molar-refractivity contribution in [1.29, 1.82) is 0 Å². The third-order valence-corrected chi connectivity index (χ3v) is 10.4. The second-order valence-electron chi connectivity index (χ2n) is 15.5. The molecule has 0 N–H and O–H groups in total. The Hall–Kier alpha value is -4.64. The van der Waals surface area contributed by atoms with Crippen molar-refractivity contribution in [1.82, 2.24) is 4.90 Å². The summed E-state index contributed by atoms with van der Waals surface area (Å²) < 4.78 is 12.6. The lowest BCUT2D eigenvalue weighted by Crippen LogP contribution is -2.45. The lowest BCUT2D eigenvalue weighted by molar-refractivity contribution is -0.119. The van der Waals surface area contributed by atoms with Crippen LogP contribution in [0.1, 0.15) is 82.9 Å². The molecule has 4 aromatic carbocycles. The number of hydrogen-bond acceptors (Lipinski definition) is 5. The Morgan fingerprint density at radius 3 is 2.00 bits per heavy atom. The molecule has 5 nitrogen and oxygen atoms in total. The minimum absolute atomic E-state index is 0.138. The van der Waals surface area contributed by atoms with Gasteiger partial charge >= 0.3 is 0 Å². The molecule has 0 spiro atoms. The number of allylic oxidation sites excluding steroid dienone is 4. The van der Waals surface area contributed by atoms with Crippen molar-refractivity contribution in [3.63, 3.8) is 0 Å². The second kappa shape index (κ2) is 13.0. The smallest absolute Gasteiger partial charge is 0.162 e. The predicted molar refractivity (Wildman–Crippen MR) is 196 cm³/mol. The van der Waals surface area contributed by atoms with Crippen LogP contribution in [0.25, 0.3) is 10.8 Å². The zero-order valence-corrected chi connectivity index (χ0v) is 29.5. The number of carbonyl (C=O) groups excluding carboxylic acids is 2. The molecule has 3 aliphatic rings. The average Bonchev–Trinajstić information content (AvgIpc) is 3.06. The van der Waals surface area contributed by atoms with Gasteiger partial charge in [-0.2, -0.15) is 0 Å². The fourth-order valence-corrected chi connectivity index (χ4v) is 8.20. The Kier molecular flexibility index (Phi) is 8.73. The highest BCUT2D eigenvalue weighted by molar-refractivity contribution is 6.06. The van der Waals surface area contributed by atoms with Gasteiger partial charge in [0.25, 0.3) is 0 Å². The molecule has 0 amide bonds. The Labute approximate surface area is 290 Å². The van der Waals surface area contributed by atoms with Crippen LogP contribution >= 0.6 is 0 Å². The third kappa shape index (κ3) is 6.56. The van der Waals surface area contributed by atoms with Crippen molar-refractivity contribution in [2.75, 3.05) is 13.2 Å². The van der Waals surface area contributed by atoms with Crippen molar-refractivity contribution in [2.45, 2.75) is 79.2 Å². The van der Waals surface area contributed by atoms with Crippen LogP contribution in [0, 0.1) is 10.8 Å². The number of carbonyl (C=O) groups is 2. The molecule has 0 bridgehead atoms. The number of ether oxygens (including phenoxy) is 2.